The molecule has 0 radical (unpaired) electrons. The lowest BCUT2D eigenvalue weighted by Gasteiger charge is -2.31. The minimum absolute atomic E-state index is 0.0148. The quantitative estimate of drug-likeness (QED) is 0.561. The highest BCUT2D eigenvalue weighted by molar-refractivity contribution is 5.39. The Morgan fingerprint density at radius 3 is 2.55 bits per heavy atom. The summed E-state index contributed by atoms with van der Waals surface area (Å²) in [5, 5.41) is 3.55. The number of ether oxygens (including phenoxy) is 2. The van der Waals surface area contributed by atoms with E-state index in [1.165, 1.54) is 45.2 Å². The lowest BCUT2D eigenvalue weighted by Crippen LogP contribution is -2.46. The summed E-state index contributed by atoms with van der Waals surface area (Å²) in [6, 6.07) is 7.88. The van der Waals surface area contributed by atoms with Gasteiger partial charge in [-0.3, -0.25) is 10.2 Å². The van der Waals surface area contributed by atoms with Crippen LogP contribution in [0.4, 0.5) is 0 Å². The van der Waals surface area contributed by atoms with Crippen molar-refractivity contribution in [3.05, 3.63) is 24.3 Å². The molecule has 1 fully saturated rings. The van der Waals surface area contributed by atoms with Gasteiger partial charge in [-0.25, -0.2) is 0 Å². The van der Waals surface area contributed by atoms with Gasteiger partial charge in [-0.1, -0.05) is 31.9 Å². The van der Waals surface area contributed by atoms with Crippen molar-refractivity contribution in [3.63, 3.8) is 0 Å². The van der Waals surface area contributed by atoms with E-state index in [1.807, 2.05) is 24.3 Å². The van der Waals surface area contributed by atoms with Crippen LogP contribution in [0.5, 0.6) is 11.5 Å². The summed E-state index contributed by atoms with van der Waals surface area (Å²) >= 11 is 0. The monoisotopic (exact) mass is 306 g/mol. The van der Waals surface area contributed by atoms with E-state index < -0.39 is 0 Å². The summed E-state index contributed by atoms with van der Waals surface area (Å²) in [7, 11) is 1.69. The van der Waals surface area contributed by atoms with Gasteiger partial charge in [0.05, 0.1) is 7.11 Å². The number of hydrogen-bond acceptors (Lipinski definition) is 4. The molecule has 1 N–H and O–H groups in total. The molecule has 1 heterocycles. The fraction of sp³-hybridized carbons (Fsp3) is 0.667. The van der Waals surface area contributed by atoms with Crippen LogP contribution in [0.3, 0.4) is 0 Å². The Kier molecular flexibility index (Phi) is 7.54. The second kappa shape index (κ2) is 9.70. The molecule has 2 rings (SSSR count). The molecule has 1 aromatic rings. The van der Waals surface area contributed by atoms with Crippen LogP contribution < -0.4 is 14.8 Å². The highest BCUT2D eigenvalue weighted by Crippen LogP contribution is 2.26. The molecule has 4 heteroatoms. The van der Waals surface area contributed by atoms with Crippen LogP contribution in [-0.2, 0) is 0 Å². The summed E-state index contributed by atoms with van der Waals surface area (Å²) < 4.78 is 11.6. The number of likely N-dealkylation sites (tertiary alicyclic amines) is 1. The number of methoxy groups -OCH3 is 1. The molecule has 0 saturated carbocycles. The Balaban J connectivity index is 1.96. The van der Waals surface area contributed by atoms with E-state index in [4.69, 9.17) is 9.47 Å². The van der Waals surface area contributed by atoms with Gasteiger partial charge in [-0.2, -0.15) is 0 Å². The number of rotatable bonds is 9. The number of benzene rings is 1. The van der Waals surface area contributed by atoms with E-state index in [-0.39, 0.29) is 6.23 Å². The average molecular weight is 306 g/mol. The third-order valence-electron chi connectivity index (χ3n) is 4.11. The maximum Gasteiger partial charge on any atom is 0.163 e. The van der Waals surface area contributed by atoms with Crippen molar-refractivity contribution in [1.82, 2.24) is 10.2 Å². The van der Waals surface area contributed by atoms with Crippen LogP contribution in [-0.4, -0.2) is 44.4 Å². The molecule has 0 aromatic heterocycles. The van der Waals surface area contributed by atoms with E-state index in [2.05, 4.69) is 17.1 Å². The molecule has 124 valence electrons. The summed E-state index contributed by atoms with van der Waals surface area (Å²) in [6.45, 7) is 6.50. The zero-order valence-corrected chi connectivity index (χ0v) is 14.0. The molecule has 1 aliphatic rings. The van der Waals surface area contributed by atoms with Gasteiger partial charge in [0.1, 0.15) is 0 Å². The zero-order valence-electron chi connectivity index (χ0n) is 14.0. The normalized spacial score (nSPS) is 17.2. The molecule has 0 spiro atoms. The van der Waals surface area contributed by atoms with Crippen LogP contribution >= 0.6 is 0 Å². The number of hydrogen-bond donors (Lipinski definition) is 1. The molecule has 1 unspecified atom stereocenters. The Labute approximate surface area is 134 Å². The van der Waals surface area contributed by atoms with Gasteiger partial charge in [-0.05, 0) is 51.0 Å². The largest absolute Gasteiger partial charge is 0.493 e. The first-order valence-electron chi connectivity index (χ1n) is 8.59. The minimum atomic E-state index is 0.0148. The van der Waals surface area contributed by atoms with Gasteiger partial charge in [0.15, 0.2) is 17.7 Å². The number of nitrogens with one attached hydrogen (secondary N) is 1. The average Bonchev–Trinajstić information content (AvgIpc) is 2.56. The smallest absolute Gasteiger partial charge is 0.163 e. The van der Waals surface area contributed by atoms with Crippen LogP contribution in [0.2, 0.25) is 0 Å². The first-order valence-corrected chi connectivity index (χ1v) is 8.59. The van der Waals surface area contributed by atoms with Crippen molar-refractivity contribution in [2.75, 3.05) is 33.3 Å². The first-order chi connectivity index (χ1) is 10.8. The lowest BCUT2D eigenvalue weighted by atomic mass is 10.1. The molecular weight excluding hydrogens is 276 g/mol. The summed E-state index contributed by atoms with van der Waals surface area (Å²) in [5.74, 6) is 1.61. The van der Waals surface area contributed by atoms with Crippen LogP contribution in [0.15, 0.2) is 24.3 Å². The maximum atomic E-state index is 6.21. The molecule has 1 saturated heterocycles. The Hall–Kier alpha value is -1.26. The second-order valence-electron chi connectivity index (χ2n) is 5.93. The van der Waals surface area contributed by atoms with Crippen molar-refractivity contribution >= 4 is 0 Å². The molecule has 0 aliphatic carbocycles. The van der Waals surface area contributed by atoms with Gasteiger partial charge >= 0.3 is 0 Å². The molecule has 4 nitrogen and oxygen atoms in total. The predicted molar refractivity (Wildman–Crippen MR) is 90.6 cm³/mol. The third-order valence-corrected chi connectivity index (χ3v) is 4.11. The van der Waals surface area contributed by atoms with Gasteiger partial charge in [0, 0.05) is 6.54 Å². The fourth-order valence-electron chi connectivity index (χ4n) is 2.83. The Bertz CT molecular complexity index is 419. The standard InChI is InChI=1S/C18H30N2O2/c1-3-4-12-19-18(15-20-13-8-5-9-14-20)22-17-11-7-6-10-16(17)21-2/h6-7,10-11,18-19H,3-5,8-9,12-15H2,1-2H3. The lowest BCUT2D eigenvalue weighted by molar-refractivity contribution is 0.0922. The molecule has 0 bridgehead atoms. The van der Waals surface area contributed by atoms with Crippen LogP contribution in [0.25, 0.3) is 0 Å². The van der Waals surface area contributed by atoms with Crippen molar-refractivity contribution in [2.24, 2.45) is 0 Å². The van der Waals surface area contributed by atoms with Gasteiger partial charge < -0.3 is 9.47 Å². The Morgan fingerprint density at radius 2 is 1.86 bits per heavy atom. The molecule has 1 aliphatic heterocycles. The second-order valence-corrected chi connectivity index (χ2v) is 5.93. The zero-order chi connectivity index (χ0) is 15.6. The first kappa shape index (κ1) is 17.1. The van der Waals surface area contributed by atoms with Crippen molar-refractivity contribution in [1.29, 1.82) is 0 Å². The SMILES string of the molecule is CCCCNC(CN1CCCCC1)Oc1ccccc1OC. The number of nitrogens with zero attached hydrogens (tertiary/aromatic N) is 1. The van der Waals surface area contributed by atoms with Crippen LogP contribution in [0, 0.1) is 0 Å². The van der Waals surface area contributed by atoms with E-state index in [1.54, 1.807) is 7.11 Å². The van der Waals surface area contributed by atoms with E-state index in [0.29, 0.717) is 0 Å². The van der Waals surface area contributed by atoms with Gasteiger partial charge in [0.2, 0.25) is 0 Å². The highest BCUT2D eigenvalue weighted by atomic mass is 16.5. The van der Waals surface area contributed by atoms with Crippen LogP contribution in [0.1, 0.15) is 39.0 Å². The number of para-hydroxylation sites is 2. The minimum Gasteiger partial charge on any atom is -0.493 e. The topological polar surface area (TPSA) is 33.7 Å². The van der Waals surface area contributed by atoms with Crippen molar-refractivity contribution in [3.8, 4) is 11.5 Å². The highest BCUT2D eigenvalue weighted by Gasteiger charge is 2.18. The summed E-state index contributed by atoms with van der Waals surface area (Å²) in [5.41, 5.74) is 0. The molecule has 1 aromatic carbocycles. The van der Waals surface area contributed by atoms with E-state index in [0.717, 1.165) is 24.6 Å². The number of unbranched alkanes of at least 4 members (excludes halogenated alkanes) is 1. The summed E-state index contributed by atoms with van der Waals surface area (Å²) in [4.78, 5) is 2.50. The van der Waals surface area contributed by atoms with Gasteiger partial charge in [0.25, 0.3) is 0 Å². The third kappa shape index (κ3) is 5.50. The molecule has 0 amide bonds. The maximum absolute atomic E-state index is 6.21. The van der Waals surface area contributed by atoms with E-state index in [9.17, 15) is 0 Å². The van der Waals surface area contributed by atoms with Crippen molar-refractivity contribution < 1.29 is 9.47 Å². The molecule has 1 atom stereocenters. The number of piperidine rings is 1. The van der Waals surface area contributed by atoms with Crippen molar-refractivity contribution in [2.45, 2.75) is 45.3 Å². The Morgan fingerprint density at radius 1 is 1.14 bits per heavy atom. The predicted octanol–water partition coefficient (Wildman–Crippen LogP) is 3.28. The summed E-state index contributed by atoms with van der Waals surface area (Å²) in [6.07, 6.45) is 6.34. The van der Waals surface area contributed by atoms with E-state index >= 15 is 0 Å². The molecular formula is C18H30N2O2. The fourth-order valence-corrected chi connectivity index (χ4v) is 2.83. The molecule has 22 heavy (non-hydrogen) atoms. The van der Waals surface area contributed by atoms with Gasteiger partial charge in [-0.15, -0.1) is 0 Å².